The van der Waals surface area contributed by atoms with Crippen molar-refractivity contribution < 1.29 is 9.59 Å². The number of amides is 2. The van der Waals surface area contributed by atoms with Gasteiger partial charge in [0.2, 0.25) is 0 Å². The van der Waals surface area contributed by atoms with Crippen molar-refractivity contribution in [2.75, 3.05) is 0 Å². The van der Waals surface area contributed by atoms with E-state index < -0.39 is 11.8 Å². The number of fused-ring (bicyclic) bond motifs is 1. The van der Waals surface area contributed by atoms with Crippen LogP contribution in [-0.4, -0.2) is 21.4 Å². The van der Waals surface area contributed by atoms with E-state index in [2.05, 4.69) is 15.8 Å². The van der Waals surface area contributed by atoms with Gasteiger partial charge < -0.3 is 0 Å². The molecule has 1 aromatic heterocycles. The first-order valence-electron chi connectivity index (χ1n) is 7.66. The maximum absolute atomic E-state index is 12.3. The molecule has 1 heterocycles. The fourth-order valence-corrected chi connectivity index (χ4v) is 2.45. The van der Waals surface area contributed by atoms with Gasteiger partial charge in [0, 0.05) is 5.56 Å². The van der Waals surface area contributed by atoms with E-state index >= 15 is 0 Å². The molecule has 7 nitrogen and oxygen atoms in total. The lowest BCUT2D eigenvalue weighted by Crippen LogP contribution is -2.44. The number of nitrogens with zero attached hydrogens (tertiary/aromatic N) is 2. The summed E-state index contributed by atoms with van der Waals surface area (Å²) in [6, 6.07) is 15.6. The third-order valence-corrected chi connectivity index (χ3v) is 3.67. The Labute approximate surface area is 143 Å². The average Bonchev–Trinajstić information content (AvgIpc) is 2.64. The molecule has 2 aromatic carbocycles. The van der Waals surface area contributed by atoms with Crippen LogP contribution in [0, 0.1) is 6.92 Å². The maximum atomic E-state index is 12.3. The third kappa shape index (κ3) is 3.55. The number of benzene rings is 2. The zero-order chi connectivity index (χ0) is 17.8. The van der Waals surface area contributed by atoms with Gasteiger partial charge in [-0.2, -0.15) is 0 Å². The number of hydrazine groups is 1. The SMILES string of the molecule is Cc1nc2ccccc2n(CC(=O)NNC(=O)c2ccccc2)c1=O. The number of para-hydroxylation sites is 2. The zero-order valence-corrected chi connectivity index (χ0v) is 13.5. The van der Waals surface area contributed by atoms with Crippen LogP contribution in [0.15, 0.2) is 59.4 Å². The Hall–Kier alpha value is -3.48. The van der Waals surface area contributed by atoms with Gasteiger partial charge >= 0.3 is 0 Å². The number of carbonyl (C=O) groups excluding carboxylic acids is 2. The second-order valence-corrected chi connectivity index (χ2v) is 5.45. The predicted octanol–water partition coefficient (Wildman–Crippen LogP) is 1.17. The highest BCUT2D eigenvalue weighted by molar-refractivity contribution is 5.95. The van der Waals surface area contributed by atoms with Gasteiger partial charge in [-0.15, -0.1) is 0 Å². The number of aryl methyl sites for hydroxylation is 1. The van der Waals surface area contributed by atoms with Crippen LogP contribution >= 0.6 is 0 Å². The molecule has 0 spiro atoms. The van der Waals surface area contributed by atoms with Crippen molar-refractivity contribution in [3.05, 3.63) is 76.2 Å². The topological polar surface area (TPSA) is 93.1 Å². The van der Waals surface area contributed by atoms with Gasteiger partial charge in [-0.05, 0) is 31.2 Å². The van der Waals surface area contributed by atoms with Gasteiger partial charge in [0.15, 0.2) is 0 Å². The molecule has 0 atom stereocenters. The molecule has 0 saturated heterocycles. The molecule has 0 fully saturated rings. The number of hydrogen-bond donors (Lipinski definition) is 2. The molecule has 2 amide bonds. The van der Waals surface area contributed by atoms with Gasteiger partial charge in [0.25, 0.3) is 17.4 Å². The van der Waals surface area contributed by atoms with E-state index in [1.807, 2.05) is 6.07 Å². The highest BCUT2D eigenvalue weighted by Crippen LogP contribution is 2.09. The normalized spacial score (nSPS) is 10.4. The molecule has 25 heavy (non-hydrogen) atoms. The molecule has 126 valence electrons. The number of hydrogen-bond acceptors (Lipinski definition) is 4. The predicted molar refractivity (Wildman–Crippen MR) is 92.8 cm³/mol. The Morgan fingerprint density at radius 3 is 2.44 bits per heavy atom. The fraction of sp³-hybridized carbons (Fsp3) is 0.111. The van der Waals surface area contributed by atoms with E-state index in [1.54, 1.807) is 55.5 Å². The van der Waals surface area contributed by atoms with E-state index in [9.17, 15) is 14.4 Å². The lowest BCUT2D eigenvalue weighted by atomic mass is 10.2. The van der Waals surface area contributed by atoms with Crippen molar-refractivity contribution in [1.29, 1.82) is 0 Å². The van der Waals surface area contributed by atoms with Crippen molar-refractivity contribution in [3.63, 3.8) is 0 Å². The summed E-state index contributed by atoms with van der Waals surface area (Å²) in [7, 11) is 0. The molecule has 3 rings (SSSR count). The van der Waals surface area contributed by atoms with Crippen LogP contribution in [0.5, 0.6) is 0 Å². The minimum absolute atomic E-state index is 0.224. The molecule has 0 aliphatic carbocycles. The van der Waals surface area contributed by atoms with Crippen LogP contribution in [-0.2, 0) is 11.3 Å². The summed E-state index contributed by atoms with van der Waals surface area (Å²) in [5.74, 6) is -0.945. The van der Waals surface area contributed by atoms with E-state index in [4.69, 9.17) is 0 Å². The summed E-state index contributed by atoms with van der Waals surface area (Å²) < 4.78 is 1.33. The highest BCUT2D eigenvalue weighted by atomic mass is 16.2. The Bertz CT molecular complexity index is 996. The summed E-state index contributed by atoms with van der Waals surface area (Å²) in [5.41, 5.74) is 6.22. The molecular weight excluding hydrogens is 320 g/mol. The van der Waals surface area contributed by atoms with Crippen LogP contribution < -0.4 is 16.4 Å². The van der Waals surface area contributed by atoms with E-state index in [1.165, 1.54) is 4.57 Å². The molecule has 2 N–H and O–H groups in total. The Balaban J connectivity index is 1.75. The van der Waals surface area contributed by atoms with Crippen molar-refractivity contribution in [1.82, 2.24) is 20.4 Å². The van der Waals surface area contributed by atoms with Crippen LogP contribution in [0.4, 0.5) is 0 Å². The van der Waals surface area contributed by atoms with Gasteiger partial charge in [-0.3, -0.25) is 29.8 Å². The maximum Gasteiger partial charge on any atom is 0.272 e. The molecular formula is C18H16N4O3. The van der Waals surface area contributed by atoms with Gasteiger partial charge in [0.1, 0.15) is 12.2 Å². The molecule has 0 unspecified atom stereocenters. The quantitative estimate of drug-likeness (QED) is 0.702. The number of carbonyl (C=O) groups is 2. The summed E-state index contributed by atoms with van der Waals surface area (Å²) in [5, 5.41) is 0. The van der Waals surface area contributed by atoms with Crippen LogP contribution in [0.3, 0.4) is 0 Å². The fourth-order valence-electron chi connectivity index (χ4n) is 2.45. The molecule has 0 radical (unpaired) electrons. The lowest BCUT2D eigenvalue weighted by molar-refractivity contribution is -0.122. The molecule has 0 saturated carbocycles. The number of aromatic nitrogens is 2. The Morgan fingerprint density at radius 1 is 1.00 bits per heavy atom. The molecule has 0 bridgehead atoms. The van der Waals surface area contributed by atoms with Crippen LogP contribution in [0.25, 0.3) is 11.0 Å². The number of rotatable bonds is 3. The smallest absolute Gasteiger partial charge is 0.272 e. The first kappa shape index (κ1) is 16.4. The van der Waals surface area contributed by atoms with Crippen LogP contribution in [0.1, 0.15) is 16.1 Å². The van der Waals surface area contributed by atoms with Crippen molar-refractivity contribution in [2.24, 2.45) is 0 Å². The highest BCUT2D eigenvalue weighted by Gasteiger charge is 2.12. The van der Waals surface area contributed by atoms with Crippen molar-refractivity contribution in [2.45, 2.75) is 13.5 Å². The second kappa shape index (κ2) is 6.96. The molecule has 7 heteroatoms. The van der Waals surface area contributed by atoms with E-state index in [0.717, 1.165) is 0 Å². The summed E-state index contributed by atoms with van der Waals surface area (Å²) >= 11 is 0. The molecule has 0 aliphatic rings. The van der Waals surface area contributed by atoms with E-state index in [0.29, 0.717) is 22.3 Å². The minimum atomic E-state index is -0.512. The molecule has 0 aliphatic heterocycles. The van der Waals surface area contributed by atoms with Crippen molar-refractivity contribution >= 4 is 22.8 Å². The Kier molecular flexibility index (Phi) is 4.56. The summed E-state index contributed by atoms with van der Waals surface area (Å²) in [6.45, 7) is 1.37. The largest absolute Gasteiger partial charge is 0.296 e. The second-order valence-electron chi connectivity index (χ2n) is 5.45. The Morgan fingerprint density at radius 2 is 1.68 bits per heavy atom. The van der Waals surface area contributed by atoms with Crippen molar-refractivity contribution in [3.8, 4) is 0 Å². The standard InChI is InChI=1S/C18H16N4O3/c1-12-18(25)22(15-10-6-5-9-14(15)19-12)11-16(23)20-21-17(24)13-7-3-2-4-8-13/h2-10H,11H2,1H3,(H,20,23)(H,21,24). The van der Waals surface area contributed by atoms with Gasteiger partial charge in [-0.25, -0.2) is 4.98 Å². The van der Waals surface area contributed by atoms with Gasteiger partial charge in [-0.1, -0.05) is 30.3 Å². The average molecular weight is 336 g/mol. The lowest BCUT2D eigenvalue weighted by Gasteiger charge is -2.12. The minimum Gasteiger partial charge on any atom is -0.296 e. The van der Waals surface area contributed by atoms with E-state index in [-0.39, 0.29) is 12.1 Å². The first-order valence-corrected chi connectivity index (χ1v) is 7.66. The van der Waals surface area contributed by atoms with Gasteiger partial charge in [0.05, 0.1) is 11.0 Å². The third-order valence-electron chi connectivity index (χ3n) is 3.67. The monoisotopic (exact) mass is 336 g/mol. The first-order chi connectivity index (χ1) is 12.1. The number of nitrogens with one attached hydrogen (secondary N) is 2. The summed E-state index contributed by atoms with van der Waals surface area (Å²) in [6.07, 6.45) is 0. The summed E-state index contributed by atoms with van der Waals surface area (Å²) in [4.78, 5) is 40.6. The zero-order valence-electron chi connectivity index (χ0n) is 13.5. The van der Waals surface area contributed by atoms with Crippen LogP contribution in [0.2, 0.25) is 0 Å². The molecule has 3 aromatic rings.